The molecule has 0 aliphatic heterocycles. The van der Waals surface area contributed by atoms with E-state index in [4.69, 9.17) is 16.3 Å². The summed E-state index contributed by atoms with van der Waals surface area (Å²) in [6, 6.07) is 13.4. The molecule has 0 fully saturated rings. The van der Waals surface area contributed by atoms with E-state index in [0.29, 0.717) is 27.2 Å². The summed E-state index contributed by atoms with van der Waals surface area (Å²) in [5, 5.41) is 8.40. The van der Waals surface area contributed by atoms with E-state index >= 15 is 0 Å². The lowest BCUT2D eigenvalue weighted by molar-refractivity contribution is -0.128. The zero-order valence-electron chi connectivity index (χ0n) is 15.2. The third-order valence-corrected chi connectivity index (χ3v) is 4.73. The van der Waals surface area contributed by atoms with Gasteiger partial charge in [0.15, 0.2) is 10.7 Å². The number of anilines is 2. The van der Waals surface area contributed by atoms with Gasteiger partial charge in [0, 0.05) is 27.9 Å². The normalized spacial score (nSPS) is 11.0. The Labute approximate surface area is 171 Å². The van der Waals surface area contributed by atoms with Gasteiger partial charge in [-0.2, -0.15) is 0 Å². The molecule has 0 radical (unpaired) electrons. The van der Waals surface area contributed by atoms with Gasteiger partial charge in [0.2, 0.25) is 0 Å². The number of carbonyl (C=O) groups excluding carboxylic acids is 2. The summed E-state index contributed by atoms with van der Waals surface area (Å²) in [5.74, 6) is -0.0413. The summed E-state index contributed by atoms with van der Waals surface area (Å²) >= 11 is 7.20. The second-order valence-electron chi connectivity index (χ2n) is 6.39. The number of benzene rings is 2. The molecule has 2 N–H and O–H groups in total. The second-order valence-corrected chi connectivity index (χ2v) is 7.72. The monoisotopic (exact) mass is 415 g/mol. The molecule has 0 unspecified atom stereocenters. The molecule has 6 nitrogen and oxygen atoms in total. The van der Waals surface area contributed by atoms with Crippen molar-refractivity contribution in [2.75, 3.05) is 10.6 Å². The van der Waals surface area contributed by atoms with Crippen LogP contribution in [0.4, 0.5) is 10.8 Å². The fraction of sp³-hybridized carbons (Fsp3) is 0.150. The first kappa shape index (κ1) is 19.9. The van der Waals surface area contributed by atoms with Crippen molar-refractivity contribution in [3.63, 3.8) is 0 Å². The van der Waals surface area contributed by atoms with Gasteiger partial charge in [-0.3, -0.25) is 14.9 Å². The number of aromatic nitrogens is 1. The fourth-order valence-corrected chi connectivity index (χ4v) is 2.93. The van der Waals surface area contributed by atoms with Crippen LogP contribution in [0.1, 0.15) is 24.2 Å². The maximum Gasteiger partial charge on any atom is 0.267 e. The van der Waals surface area contributed by atoms with E-state index in [1.807, 2.05) is 0 Å². The molecule has 2 amide bonds. The Balaban J connectivity index is 1.61. The van der Waals surface area contributed by atoms with Crippen LogP contribution >= 0.6 is 22.9 Å². The Morgan fingerprint density at radius 1 is 1.04 bits per heavy atom. The van der Waals surface area contributed by atoms with E-state index in [2.05, 4.69) is 15.6 Å². The highest BCUT2D eigenvalue weighted by molar-refractivity contribution is 7.13. The molecule has 28 heavy (non-hydrogen) atoms. The van der Waals surface area contributed by atoms with Crippen LogP contribution in [-0.2, 0) is 4.79 Å². The number of ether oxygens (including phenoxy) is 1. The number of rotatable bonds is 6. The average Bonchev–Trinajstić information content (AvgIpc) is 3.17. The third kappa shape index (κ3) is 5.09. The van der Waals surface area contributed by atoms with E-state index in [-0.39, 0.29) is 11.8 Å². The highest BCUT2D eigenvalue weighted by Crippen LogP contribution is 2.22. The molecule has 1 heterocycles. The Morgan fingerprint density at radius 2 is 1.71 bits per heavy atom. The Kier molecular flexibility index (Phi) is 5.96. The van der Waals surface area contributed by atoms with Crippen molar-refractivity contribution in [1.29, 1.82) is 0 Å². The summed E-state index contributed by atoms with van der Waals surface area (Å²) in [6.07, 6.45) is 1.62. The lowest BCUT2D eigenvalue weighted by Crippen LogP contribution is -2.42. The van der Waals surface area contributed by atoms with Crippen LogP contribution in [0, 0.1) is 0 Å². The first-order valence-corrected chi connectivity index (χ1v) is 9.66. The summed E-state index contributed by atoms with van der Waals surface area (Å²) in [6.45, 7) is 3.35. The molecule has 0 bridgehead atoms. The first-order chi connectivity index (χ1) is 13.3. The van der Waals surface area contributed by atoms with Crippen molar-refractivity contribution in [1.82, 2.24) is 4.98 Å². The number of carbonyl (C=O) groups is 2. The molecule has 0 spiro atoms. The summed E-state index contributed by atoms with van der Waals surface area (Å²) in [5.41, 5.74) is -0.0807. The number of thiazole rings is 1. The number of nitrogens with one attached hydrogen (secondary N) is 2. The maximum atomic E-state index is 12.6. The predicted molar refractivity (Wildman–Crippen MR) is 111 cm³/mol. The zero-order chi connectivity index (χ0) is 20.1. The summed E-state index contributed by atoms with van der Waals surface area (Å²) in [4.78, 5) is 28.8. The minimum absolute atomic E-state index is 0.265. The van der Waals surface area contributed by atoms with Gasteiger partial charge < -0.3 is 10.1 Å². The van der Waals surface area contributed by atoms with E-state index in [9.17, 15) is 9.59 Å². The average molecular weight is 416 g/mol. The highest BCUT2D eigenvalue weighted by atomic mass is 35.5. The standard InChI is InChI=1S/C20H18ClN3O3S/c1-20(2,27-16-9-5-14(21)6-10-16)18(26)23-15-7-3-13(4-8-15)17(25)24-19-22-11-12-28-19/h3-12H,1-2H3,(H,23,26)(H,22,24,25). The summed E-state index contributed by atoms with van der Waals surface area (Å²) in [7, 11) is 0. The largest absolute Gasteiger partial charge is 0.478 e. The molecular formula is C20H18ClN3O3S. The van der Waals surface area contributed by atoms with Crippen molar-refractivity contribution in [2.24, 2.45) is 0 Å². The topological polar surface area (TPSA) is 80.3 Å². The molecular weight excluding hydrogens is 398 g/mol. The lowest BCUT2D eigenvalue weighted by atomic mass is 10.1. The van der Waals surface area contributed by atoms with Gasteiger partial charge in [0.05, 0.1) is 0 Å². The number of amides is 2. The second kappa shape index (κ2) is 8.41. The van der Waals surface area contributed by atoms with E-state index < -0.39 is 5.60 Å². The Bertz CT molecular complexity index is 955. The molecule has 3 aromatic rings. The van der Waals surface area contributed by atoms with Gasteiger partial charge in [-0.1, -0.05) is 11.6 Å². The first-order valence-electron chi connectivity index (χ1n) is 8.40. The predicted octanol–water partition coefficient (Wildman–Crippen LogP) is 4.84. The Morgan fingerprint density at radius 3 is 2.32 bits per heavy atom. The highest BCUT2D eigenvalue weighted by Gasteiger charge is 2.30. The fourth-order valence-electron chi connectivity index (χ4n) is 2.28. The van der Waals surface area contributed by atoms with E-state index in [1.165, 1.54) is 11.3 Å². The number of hydrogen-bond acceptors (Lipinski definition) is 5. The van der Waals surface area contributed by atoms with Gasteiger partial charge >= 0.3 is 0 Å². The van der Waals surface area contributed by atoms with Crippen molar-refractivity contribution in [3.8, 4) is 5.75 Å². The van der Waals surface area contributed by atoms with Crippen molar-refractivity contribution < 1.29 is 14.3 Å². The number of halogens is 1. The Hall–Kier alpha value is -2.90. The number of hydrogen-bond donors (Lipinski definition) is 2. The SMILES string of the molecule is CC(C)(Oc1ccc(Cl)cc1)C(=O)Nc1ccc(C(=O)Nc2nccs2)cc1. The van der Waals surface area contributed by atoms with Crippen molar-refractivity contribution in [2.45, 2.75) is 19.4 Å². The molecule has 1 aromatic heterocycles. The molecule has 0 atom stereocenters. The minimum Gasteiger partial charge on any atom is -0.478 e. The lowest BCUT2D eigenvalue weighted by Gasteiger charge is -2.25. The number of nitrogens with zero attached hydrogens (tertiary/aromatic N) is 1. The zero-order valence-corrected chi connectivity index (χ0v) is 16.8. The van der Waals surface area contributed by atoms with Crippen LogP contribution in [0.25, 0.3) is 0 Å². The van der Waals surface area contributed by atoms with Crippen molar-refractivity contribution in [3.05, 3.63) is 70.7 Å². The molecule has 0 saturated carbocycles. The third-order valence-electron chi connectivity index (χ3n) is 3.79. The van der Waals surface area contributed by atoms with Crippen LogP contribution in [-0.4, -0.2) is 22.4 Å². The molecule has 2 aromatic carbocycles. The molecule has 3 rings (SSSR count). The molecule has 8 heteroatoms. The van der Waals surface area contributed by atoms with Crippen LogP contribution < -0.4 is 15.4 Å². The van der Waals surface area contributed by atoms with Crippen LogP contribution in [0.15, 0.2) is 60.1 Å². The van der Waals surface area contributed by atoms with E-state index in [0.717, 1.165) is 0 Å². The van der Waals surface area contributed by atoms with Crippen LogP contribution in [0.5, 0.6) is 5.75 Å². The molecule has 144 valence electrons. The van der Waals surface area contributed by atoms with Crippen LogP contribution in [0.3, 0.4) is 0 Å². The van der Waals surface area contributed by atoms with Gasteiger partial charge in [0.1, 0.15) is 5.75 Å². The molecule has 0 saturated heterocycles. The quantitative estimate of drug-likeness (QED) is 0.603. The van der Waals surface area contributed by atoms with E-state index in [1.54, 1.807) is 74.0 Å². The van der Waals surface area contributed by atoms with Gasteiger partial charge in [-0.25, -0.2) is 4.98 Å². The molecule has 0 aliphatic rings. The minimum atomic E-state index is -1.10. The van der Waals surface area contributed by atoms with Gasteiger partial charge in [-0.15, -0.1) is 11.3 Å². The maximum absolute atomic E-state index is 12.6. The van der Waals surface area contributed by atoms with Gasteiger partial charge in [-0.05, 0) is 62.4 Å². The molecule has 0 aliphatic carbocycles. The smallest absolute Gasteiger partial charge is 0.267 e. The summed E-state index contributed by atoms with van der Waals surface area (Å²) < 4.78 is 5.77. The van der Waals surface area contributed by atoms with Crippen molar-refractivity contribution >= 4 is 45.6 Å². The van der Waals surface area contributed by atoms with Crippen LogP contribution in [0.2, 0.25) is 5.02 Å². The van der Waals surface area contributed by atoms with Gasteiger partial charge in [0.25, 0.3) is 11.8 Å².